The maximum atomic E-state index is 10.1. The van der Waals surface area contributed by atoms with Crippen LogP contribution in [0.15, 0.2) is 10.7 Å². The minimum absolute atomic E-state index is 0.661. The topological polar surface area (TPSA) is 46.3 Å². The van der Waals surface area contributed by atoms with Gasteiger partial charge in [-0.15, -0.1) is 0 Å². The van der Waals surface area contributed by atoms with Crippen molar-refractivity contribution in [3.8, 4) is 0 Å². The average molecular weight is 183 g/mol. The van der Waals surface area contributed by atoms with E-state index in [4.69, 9.17) is 4.42 Å². The van der Waals surface area contributed by atoms with Crippen LogP contribution in [-0.4, -0.2) is 10.1 Å². The van der Waals surface area contributed by atoms with E-state index in [1.807, 2.05) is 20.8 Å². The van der Waals surface area contributed by atoms with Crippen molar-refractivity contribution in [1.29, 1.82) is 0 Å². The van der Waals surface area contributed by atoms with Crippen LogP contribution in [0.25, 0.3) is 0 Å². The minimum atomic E-state index is -0.809. The molecule has 1 heterocycles. The Balaban J connectivity index is 2.91. The van der Waals surface area contributed by atoms with Crippen LogP contribution in [-0.2, 0) is 12.0 Å². The molecule has 0 bridgehead atoms. The third-order valence-corrected chi connectivity index (χ3v) is 2.50. The number of aliphatic hydroxyl groups is 1. The summed E-state index contributed by atoms with van der Waals surface area (Å²) in [5.41, 5.74) is -0.147. The molecule has 0 saturated heterocycles. The molecule has 0 fully saturated rings. The van der Waals surface area contributed by atoms with E-state index in [1.54, 1.807) is 6.26 Å². The van der Waals surface area contributed by atoms with E-state index in [-0.39, 0.29) is 0 Å². The van der Waals surface area contributed by atoms with Gasteiger partial charge >= 0.3 is 0 Å². The van der Waals surface area contributed by atoms with E-state index < -0.39 is 5.60 Å². The van der Waals surface area contributed by atoms with Crippen molar-refractivity contribution in [1.82, 2.24) is 4.98 Å². The van der Waals surface area contributed by atoms with Gasteiger partial charge < -0.3 is 9.52 Å². The van der Waals surface area contributed by atoms with Crippen molar-refractivity contribution in [2.45, 2.75) is 45.6 Å². The molecule has 0 unspecified atom stereocenters. The Morgan fingerprint density at radius 3 is 2.38 bits per heavy atom. The predicted molar refractivity (Wildman–Crippen MR) is 50.4 cm³/mol. The molecule has 0 atom stereocenters. The van der Waals surface area contributed by atoms with E-state index >= 15 is 0 Å². The second-order valence-electron chi connectivity index (χ2n) is 3.22. The maximum Gasteiger partial charge on any atom is 0.194 e. The van der Waals surface area contributed by atoms with E-state index in [0.29, 0.717) is 24.4 Å². The van der Waals surface area contributed by atoms with Gasteiger partial charge in [-0.05, 0) is 12.8 Å². The van der Waals surface area contributed by atoms with Gasteiger partial charge in [-0.25, -0.2) is 4.98 Å². The summed E-state index contributed by atoms with van der Waals surface area (Å²) in [5.74, 6) is 0.690. The van der Waals surface area contributed by atoms with E-state index in [0.717, 1.165) is 6.42 Å². The lowest BCUT2D eigenvalue weighted by Crippen LogP contribution is -2.23. The highest BCUT2D eigenvalue weighted by Gasteiger charge is 2.28. The number of hydrogen-bond donors (Lipinski definition) is 1. The third kappa shape index (κ3) is 1.91. The molecule has 0 amide bonds. The molecule has 0 radical (unpaired) electrons. The van der Waals surface area contributed by atoms with Crippen LogP contribution in [0.2, 0.25) is 0 Å². The van der Waals surface area contributed by atoms with Crippen LogP contribution in [0.5, 0.6) is 0 Å². The monoisotopic (exact) mass is 183 g/mol. The molecule has 0 saturated carbocycles. The van der Waals surface area contributed by atoms with Gasteiger partial charge in [0.1, 0.15) is 17.6 Å². The Morgan fingerprint density at radius 1 is 1.38 bits per heavy atom. The third-order valence-electron chi connectivity index (χ3n) is 2.50. The van der Waals surface area contributed by atoms with Crippen molar-refractivity contribution >= 4 is 0 Å². The standard InChI is InChI=1S/C10H17NO2/c1-4-9-11-8(7-13-9)10(12,5-2)6-3/h7,12H,4-6H2,1-3H3. The summed E-state index contributed by atoms with van der Waals surface area (Å²) in [5, 5.41) is 10.1. The van der Waals surface area contributed by atoms with Crippen LogP contribution in [0.4, 0.5) is 0 Å². The molecule has 0 spiro atoms. The Labute approximate surface area is 78.8 Å². The van der Waals surface area contributed by atoms with Crippen LogP contribution in [0.3, 0.4) is 0 Å². The van der Waals surface area contributed by atoms with Gasteiger partial charge in [0.15, 0.2) is 5.89 Å². The highest BCUT2D eigenvalue weighted by atomic mass is 16.3. The minimum Gasteiger partial charge on any atom is -0.449 e. The summed E-state index contributed by atoms with van der Waals surface area (Å²) < 4.78 is 5.19. The van der Waals surface area contributed by atoms with Gasteiger partial charge in [0.25, 0.3) is 0 Å². The quantitative estimate of drug-likeness (QED) is 0.778. The lowest BCUT2D eigenvalue weighted by molar-refractivity contribution is 0.0239. The summed E-state index contributed by atoms with van der Waals surface area (Å²) in [6.45, 7) is 5.88. The summed E-state index contributed by atoms with van der Waals surface area (Å²) in [4.78, 5) is 4.23. The summed E-state index contributed by atoms with van der Waals surface area (Å²) in [6, 6.07) is 0. The molecule has 3 heteroatoms. The Hall–Kier alpha value is -0.830. The summed E-state index contributed by atoms with van der Waals surface area (Å²) >= 11 is 0. The Kier molecular flexibility index (Phi) is 3.09. The first kappa shape index (κ1) is 10.3. The Bertz CT molecular complexity index is 264. The van der Waals surface area contributed by atoms with Crippen LogP contribution < -0.4 is 0 Å². The van der Waals surface area contributed by atoms with E-state index in [9.17, 15) is 5.11 Å². The van der Waals surface area contributed by atoms with E-state index in [2.05, 4.69) is 4.98 Å². The zero-order valence-electron chi connectivity index (χ0n) is 8.50. The number of rotatable bonds is 4. The molecule has 1 aromatic rings. The molecular formula is C10H17NO2. The van der Waals surface area contributed by atoms with Gasteiger partial charge in [-0.2, -0.15) is 0 Å². The molecule has 0 aliphatic heterocycles. The fraction of sp³-hybridized carbons (Fsp3) is 0.700. The van der Waals surface area contributed by atoms with Crippen molar-refractivity contribution in [3.05, 3.63) is 17.8 Å². The number of hydrogen-bond acceptors (Lipinski definition) is 3. The number of oxazole rings is 1. The van der Waals surface area contributed by atoms with Crippen molar-refractivity contribution in [3.63, 3.8) is 0 Å². The lowest BCUT2D eigenvalue weighted by Gasteiger charge is -2.21. The fourth-order valence-corrected chi connectivity index (χ4v) is 1.30. The van der Waals surface area contributed by atoms with Crippen LogP contribution >= 0.6 is 0 Å². The van der Waals surface area contributed by atoms with Gasteiger partial charge in [0.2, 0.25) is 0 Å². The second-order valence-corrected chi connectivity index (χ2v) is 3.22. The number of nitrogens with zero attached hydrogens (tertiary/aromatic N) is 1. The molecule has 0 aromatic carbocycles. The van der Waals surface area contributed by atoms with Gasteiger partial charge in [-0.3, -0.25) is 0 Å². The van der Waals surface area contributed by atoms with Crippen LogP contribution in [0.1, 0.15) is 45.2 Å². The molecule has 1 aromatic heterocycles. The van der Waals surface area contributed by atoms with Crippen molar-refractivity contribution in [2.75, 3.05) is 0 Å². The number of aromatic nitrogens is 1. The fourth-order valence-electron chi connectivity index (χ4n) is 1.30. The molecule has 13 heavy (non-hydrogen) atoms. The first-order valence-corrected chi connectivity index (χ1v) is 4.83. The summed E-state index contributed by atoms with van der Waals surface area (Å²) in [6.07, 6.45) is 3.66. The molecular weight excluding hydrogens is 166 g/mol. The largest absolute Gasteiger partial charge is 0.449 e. The average Bonchev–Trinajstić information content (AvgIpc) is 2.65. The molecule has 0 aliphatic carbocycles. The van der Waals surface area contributed by atoms with Crippen LogP contribution in [0, 0.1) is 0 Å². The molecule has 1 rings (SSSR count). The van der Waals surface area contributed by atoms with E-state index in [1.165, 1.54) is 0 Å². The molecule has 0 aliphatic rings. The van der Waals surface area contributed by atoms with Crippen molar-refractivity contribution < 1.29 is 9.52 Å². The zero-order chi connectivity index (χ0) is 9.90. The zero-order valence-corrected chi connectivity index (χ0v) is 8.50. The first-order valence-electron chi connectivity index (χ1n) is 4.83. The first-order chi connectivity index (χ1) is 6.16. The smallest absolute Gasteiger partial charge is 0.194 e. The molecule has 74 valence electrons. The second kappa shape index (κ2) is 3.92. The Morgan fingerprint density at radius 2 is 2.00 bits per heavy atom. The SMILES string of the molecule is CCc1nc(C(O)(CC)CC)co1. The summed E-state index contributed by atoms with van der Waals surface area (Å²) in [7, 11) is 0. The maximum absolute atomic E-state index is 10.1. The van der Waals surface area contributed by atoms with Gasteiger partial charge in [-0.1, -0.05) is 20.8 Å². The highest BCUT2D eigenvalue weighted by Crippen LogP contribution is 2.27. The molecule has 1 N–H and O–H groups in total. The lowest BCUT2D eigenvalue weighted by atomic mass is 9.94. The van der Waals surface area contributed by atoms with Gasteiger partial charge in [0.05, 0.1) is 0 Å². The van der Waals surface area contributed by atoms with Crippen molar-refractivity contribution in [2.24, 2.45) is 0 Å². The molecule has 3 nitrogen and oxygen atoms in total. The normalized spacial score (nSPS) is 12.0. The number of aryl methyl sites for hydroxylation is 1. The van der Waals surface area contributed by atoms with Gasteiger partial charge in [0, 0.05) is 6.42 Å². The predicted octanol–water partition coefficient (Wildman–Crippen LogP) is 2.24. The highest BCUT2D eigenvalue weighted by molar-refractivity contribution is 5.07.